The van der Waals surface area contributed by atoms with Crippen LogP contribution < -0.4 is 0 Å². The highest BCUT2D eigenvalue weighted by Gasteiger charge is 2.54. The molecule has 3 rings (SSSR count). The van der Waals surface area contributed by atoms with Crippen LogP contribution in [0.2, 0.25) is 0 Å². The molecule has 0 aromatic heterocycles. The molecule has 3 aliphatic rings. The fraction of sp³-hybridized carbons (Fsp3) is 0.938. The molecule has 132 valence electrons. The SMILES string of the molecule is CCOC(=O)C1CCCN(C[C@H]2O[C@@H]3OC(C)(C)O[C@H]3[C@@H]2O)C1. The summed E-state index contributed by atoms with van der Waals surface area (Å²) in [6.07, 6.45) is -0.239. The Morgan fingerprint density at radius 2 is 2.17 bits per heavy atom. The van der Waals surface area contributed by atoms with Gasteiger partial charge in [0.1, 0.15) is 18.3 Å². The van der Waals surface area contributed by atoms with Gasteiger partial charge in [-0.15, -0.1) is 0 Å². The van der Waals surface area contributed by atoms with Crippen molar-refractivity contribution in [2.75, 3.05) is 26.2 Å². The molecular weight excluding hydrogens is 302 g/mol. The van der Waals surface area contributed by atoms with Crippen molar-refractivity contribution in [3.8, 4) is 0 Å². The van der Waals surface area contributed by atoms with Gasteiger partial charge in [0.25, 0.3) is 0 Å². The maximum absolute atomic E-state index is 11.9. The first-order valence-electron chi connectivity index (χ1n) is 8.48. The Labute approximate surface area is 136 Å². The lowest BCUT2D eigenvalue weighted by molar-refractivity contribution is -0.216. The number of carbonyl (C=O) groups excluding carboxylic acids is 1. The largest absolute Gasteiger partial charge is 0.466 e. The molecule has 3 saturated heterocycles. The first-order valence-corrected chi connectivity index (χ1v) is 8.48. The summed E-state index contributed by atoms with van der Waals surface area (Å²) in [5.41, 5.74) is 0. The molecule has 1 unspecified atom stereocenters. The van der Waals surface area contributed by atoms with Crippen LogP contribution in [0.3, 0.4) is 0 Å². The van der Waals surface area contributed by atoms with E-state index < -0.39 is 24.3 Å². The second-order valence-corrected chi connectivity index (χ2v) is 6.98. The molecule has 3 aliphatic heterocycles. The average Bonchev–Trinajstić information content (AvgIpc) is 2.94. The monoisotopic (exact) mass is 329 g/mol. The molecule has 23 heavy (non-hydrogen) atoms. The normalized spacial score (nSPS) is 40.1. The fourth-order valence-corrected chi connectivity index (χ4v) is 3.64. The van der Waals surface area contributed by atoms with Crippen LogP contribution in [0.5, 0.6) is 0 Å². The summed E-state index contributed by atoms with van der Waals surface area (Å²) in [6.45, 7) is 7.96. The van der Waals surface area contributed by atoms with E-state index >= 15 is 0 Å². The highest BCUT2D eigenvalue weighted by Crippen LogP contribution is 2.37. The van der Waals surface area contributed by atoms with Crippen molar-refractivity contribution in [1.29, 1.82) is 0 Å². The molecule has 7 heteroatoms. The van der Waals surface area contributed by atoms with E-state index in [0.29, 0.717) is 19.7 Å². The number of aliphatic hydroxyl groups is 1. The van der Waals surface area contributed by atoms with Crippen LogP contribution in [-0.2, 0) is 23.7 Å². The van der Waals surface area contributed by atoms with Crippen molar-refractivity contribution in [2.24, 2.45) is 5.92 Å². The molecule has 7 nitrogen and oxygen atoms in total. The number of ether oxygens (including phenoxy) is 4. The zero-order chi connectivity index (χ0) is 16.6. The summed E-state index contributed by atoms with van der Waals surface area (Å²) in [5, 5.41) is 10.4. The summed E-state index contributed by atoms with van der Waals surface area (Å²) in [7, 11) is 0. The third-order valence-corrected chi connectivity index (χ3v) is 4.68. The van der Waals surface area contributed by atoms with Crippen molar-refractivity contribution in [3.63, 3.8) is 0 Å². The predicted octanol–water partition coefficient (Wildman–Crippen LogP) is 0.499. The Balaban J connectivity index is 1.53. The van der Waals surface area contributed by atoms with Gasteiger partial charge in [-0.25, -0.2) is 0 Å². The second kappa shape index (κ2) is 6.64. The number of nitrogens with zero attached hydrogens (tertiary/aromatic N) is 1. The molecule has 0 radical (unpaired) electrons. The molecule has 0 spiro atoms. The number of hydrogen-bond donors (Lipinski definition) is 1. The molecule has 0 bridgehead atoms. The van der Waals surface area contributed by atoms with Gasteiger partial charge in [-0.05, 0) is 40.2 Å². The maximum atomic E-state index is 11.9. The average molecular weight is 329 g/mol. The molecule has 1 N–H and O–H groups in total. The Morgan fingerprint density at radius 1 is 1.39 bits per heavy atom. The van der Waals surface area contributed by atoms with Gasteiger partial charge in [-0.1, -0.05) is 0 Å². The van der Waals surface area contributed by atoms with Gasteiger partial charge in [0.2, 0.25) is 0 Å². The Hall–Kier alpha value is -0.730. The molecule has 0 aromatic carbocycles. The predicted molar refractivity (Wildman–Crippen MR) is 80.5 cm³/mol. The van der Waals surface area contributed by atoms with Crippen molar-refractivity contribution < 1.29 is 28.8 Å². The molecular formula is C16H27NO6. The summed E-state index contributed by atoms with van der Waals surface area (Å²) in [6, 6.07) is 0. The van der Waals surface area contributed by atoms with Gasteiger partial charge in [0.05, 0.1) is 12.5 Å². The molecule has 0 aliphatic carbocycles. The molecule has 0 amide bonds. The standard InChI is InChI=1S/C16H27NO6/c1-4-20-14(19)10-6-5-7-17(8-10)9-11-12(18)13-15(21-11)23-16(2,3)22-13/h10-13,15,18H,4-9H2,1-3H3/t10?,11-,12-,13+,15-/m1/s1. The van der Waals surface area contributed by atoms with E-state index in [1.807, 2.05) is 20.8 Å². The van der Waals surface area contributed by atoms with E-state index in [4.69, 9.17) is 18.9 Å². The quantitative estimate of drug-likeness (QED) is 0.753. The number of likely N-dealkylation sites (tertiary alicyclic amines) is 1. The number of aliphatic hydroxyl groups excluding tert-OH is 1. The topological polar surface area (TPSA) is 77.5 Å². The van der Waals surface area contributed by atoms with Crippen LogP contribution in [0.25, 0.3) is 0 Å². The fourth-order valence-electron chi connectivity index (χ4n) is 3.64. The smallest absolute Gasteiger partial charge is 0.310 e. The third kappa shape index (κ3) is 3.69. The van der Waals surface area contributed by atoms with Crippen LogP contribution >= 0.6 is 0 Å². The van der Waals surface area contributed by atoms with Gasteiger partial charge in [0, 0.05) is 13.1 Å². The van der Waals surface area contributed by atoms with Gasteiger partial charge < -0.3 is 24.1 Å². The molecule has 3 fully saturated rings. The first kappa shape index (κ1) is 17.1. The molecule has 3 heterocycles. The highest BCUT2D eigenvalue weighted by molar-refractivity contribution is 5.72. The van der Waals surface area contributed by atoms with Crippen molar-refractivity contribution in [3.05, 3.63) is 0 Å². The summed E-state index contributed by atoms with van der Waals surface area (Å²) in [4.78, 5) is 14.1. The Morgan fingerprint density at radius 3 is 2.87 bits per heavy atom. The zero-order valence-corrected chi connectivity index (χ0v) is 14.1. The highest BCUT2D eigenvalue weighted by atomic mass is 16.8. The van der Waals surface area contributed by atoms with Crippen molar-refractivity contribution in [1.82, 2.24) is 4.90 Å². The Kier molecular flexibility index (Phi) is 4.94. The van der Waals surface area contributed by atoms with Crippen molar-refractivity contribution in [2.45, 2.75) is 64.0 Å². The third-order valence-electron chi connectivity index (χ3n) is 4.68. The minimum Gasteiger partial charge on any atom is -0.466 e. The van der Waals surface area contributed by atoms with E-state index in [1.165, 1.54) is 0 Å². The second-order valence-electron chi connectivity index (χ2n) is 6.98. The van der Waals surface area contributed by atoms with E-state index in [2.05, 4.69) is 4.90 Å². The van der Waals surface area contributed by atoms with Crippen LogP contribution in [0.4, 0.5) is 0 Å². The Bertz CT molecular complexity index is 442. The summed E-state index contributed by atoms with van der Waals surface area (Å²) >= 11 is 0. The van der Waals surface area contributed by atoms with Crippen LogP contribution in [-0.4, -0.2) is 72.6 Å². The number of fused-ring (bicyclic) bond motifs is 1. The van der Waals surface area contributed by atoms with E-state index in [-0.39, 0.29) is 18.0 Å². The van der Waals surface area contributed by atoms with Crippen LogP contribution in [0.15, 0.2) is 0 Å². The van der Waals surface area contributed by atoms with Gasteiger partial charge in [-0.2, -0.15) is 0 Å². The number of carbonyl (C=O) groups is 1. The van der Waals surface area contributed by atoms with Gasteiger partial charge >= 0.3 is 5.97 Å². The maximum Gasteiger partial charge on any atom is 0.310 e. The lowest BCUT2D eigenvalue weighted by atomic mass is 9.97. The van der Waals surface area contributed by atoms with Crippen LogP contribution in [0, 0.1) is 5.92 Å². The van der Waals surface area contributed by atoms with E-state index in [1.54, 1.807) is 0 Å². The molecule has 0 saturated carbocycles. The zero-order valence-electron chi connectivity index (χ0n) is 14.1. The van der Waals surface area contributed by atoms with E-state index in [9.17, 15) is 9.90 Å². The summed E-state index contributed by atoms with van der Waals surface area (Å²) < 4.78 is 22.3. The van der Waals surface area contributed by atoms with Crippen molar-refractivity contribution >= 4 is 5.97 Å². The lowest BCUT2D eigenvalue weighted by Gasteiger charge is -2.34. The van der Waals surface area contributed by atoms with Crippen LogP contribution in [0.1, 0.15) is 33.6 Å². The van der Waals surface area contributed by atoms with E-state index in [0.717, 1.165) is 19.4 Å². The van der Waals surface area contributed by atoms with Gasteiger partial charge in [0.15, 0.2) is 12.1 Å². The number of esters is 1. The molecule has 5 atom stereocenters. The summed E-state index contributed by atoms with van der Waals surface area (Å²) in [5.74, 6) is -0.940. The number of piperidine rings is 1. The minimum atomic E-state index is -0.721. The molecule has 0 aromatic rings. The number of rotatable bonds is 4. The van der Waals surface area contributed by atoms with Gasteiger partial charge in [-0.3, -0.25) is 9.69 Å². The lowest BCUT2D eigenvalue weighted by Crippen LogP contribution is -2.46. The first-order chi connectivity index (χ1) is 10.9. The number of hydrogen-bond acceptors (Lipinski definition) is 7. The minimum absolute atomic E-state index is 0.0896.